The second-order valence-electron chi connectivity index (χ2n) is 6.77. The van der Waals surface area contributed by atoms with Gasteiger partial charge in [0.05, 0.1) is 5.69 Å². The molecule has 9 nitrogen and oxygen atoms in total. The predicted octanol–water partition coefficient (Wildman–Crippen LogP) is 0.841. The number of rotatable bonds is 7. The molecule has 3 heterocycles. The molecular weight excluding hydrogens is 348 g/mol. The number of hydrogen-bond acceptors (Lipinski definition) is 5. The van der Waals surface area contributed by atoms with Gasteiger partial charge in [-0.1, -0.05) is 0 Å². The van der Waals surface area contributed by atoms with E-state index in [-0.39, 0.29) is 11.6 Å². The van der Waals surface area contributed by atoms with Gasteiger partial charge in [0, 0.05) is 70.2 Å². The first kappa shape index (κ1) is 19.1. The van der Waals surface area contributed by atoms with E-state index in [1.807, 2.05) is 16.5 Å². The van der Waals surface area contributed by atoms with E-state index >= 15 is 0 Å². The first-order valence-corrected chi connectivity index (χ1v) is 9.26. The van der Waals surface area contributed by atoms with Crippen molar-refractivity contribution >= 4 is 11.9 Å². The summed E-state index contributed by atoms with van der Waals surface area (Å²) in [5, 5.41) is 17.3. The van der Waals surface area contributed by atoms with Crippen LogP contribution in [0.1, 0.15) is 35.1 Å². The van der Waals surface area contributed by atoms with Gasteiger partial charge in [0.2, 0.25) is 5.91 Å². The number of piperazine rings is 1. The number of aromatic carboxylic acids is 1. The Hall–Kier alpha value is -2.68. The van der Waals surface area contributed by atoms with Crippen LogP contribution in [0.25, 0.3) is 0 Å². The molecule has 1 N–H and O–H groups in total. The molecule has 146 valence electrons. The van der Waals surface area contributed by atoms with Gasteiger partial charge in [0.25, 0.3) is 0 Å². The molecule has 2 aromatic heterocycles. The Morgan fingerprint density at radius 2 is 1.89 bits per heavy atom. The average Bonchev–Trinajstić information content (AvgIpc) is 3.27. The zero-order valence-corrected chi connectivity index (χ0v) is 15.8. The van der Waals surface area contributed by atoms with Gasteiger partial charge in [-0.25, -0.2) is 4.79 Å². The lowest BCUT2D eigenvalue weighted by Crippen LogP contribution is -2.48. The maximum Gasteiger partial charge on any atom is 0.356 e. The number of carboxylic acid groups (broad SMARTS) is 1. The smallest absolute Gasteiger partial charge is 0.356 e. The van der Waals surface area contributed by atoms with Gasteiger partial charge in [-0.2, -0.15) is 10.2 Å². The van der Waals surface area contributed by atoms with Crippen molar-refractivity contribution in [3.8, 4) is 0 Å². The minimum absolute atomic E-state index is 0.00208. The molecule has 9 heteroatoms. The van der Waals surface area contributed by atoms with Gasteiger partial charge in [0.15, 0.2) is 5.69 Å². The Morgan fingerprint density at radius 1 is 1.15 bits per heavy atom. The van der Waals surface area contributed by atoms with E-state index in [2.05, 4.69) is 28.2 Å². The minimum atomic E-state index is -1.06. The number of carbonyl (C=O) groups excluding carboxylic acids is 1. The fourth-order valence-corrected chi connectivity index (χ4v) is 3.24. The summed E-state index contributed by atoms with van der Waals surface area (Å²) < 4.78 is 3.46. The third-order valence-electron chi connectivity index (χ3n) is 4.91. The lowest BCUT2D eigenvalue weighted by molar-refractivity contribution is -0.133. The van der Waals surface area contributed by atoms with Crippen molar-refractivity contribution in [2.45, 2.75) is 39.9 Å². The van der Waals surface area contributed by atoms with Crippen LogP contribution in [0, 0.1) is 6.92 Å². The number of amides is 1. The summed E-state index contributed by atoms with van der Waals surface area (Å²) in [6, 6.07) is 1.44. The number of aromatic nitrogens is 4. The van der Waals surface area contributed by atoms with E-state index in [4.69, 9.17) is 5.11 Å². The van der Waals surface area contributed by atoms with Crippen molar-refractivity contribution in [3.05, 3.63) is 35.4 Å². The Kier molecular flexibility index (Phi) is 5.90. The van der Waals surface area contributed by atoms with Crippen LogP contribution < -0.4 is 0 Å². The first-order chi connectivity index (χ1) is 13.0. The van der Waals surface area contributed by atoms with E-state index in [0.29, 0.717) is 26.1 Å². The van der Waals surface area contributed by atoms with Crippen LogP contribution in [0.15, 0.2) is 18.5 Å². The molecule has 2 aromatic rings. The molecule has 0 bridgehead atoms. The molecule has 3 rings (SSSR count). The normalized spacial score (nSPS) is 15.3. The highest BCUT2D eigenvalue weighted by Crippen LogP contribution is 2.12. The third-order valence-corrected chi connectivity index (χ3v) is 4.91. The molecule has 0 aromatic carbocycles. The molecule has 0 unspecified atom stereocenters. The highest BCUT2D eigenvalue weighted by atomic mass is 16.4. The standard InChI is InChI=1S/C18H26N6O3/c1-3-23-13-15(14(2)19-23)12-21-8-10-22(11-9-21)17(25)5-7-24-6-4-16(20-24)18(26)27/h4,6,13H,3,5,7-12H2,1-2H3,(H,26,27). The molecule has 0 aliphatic carbocycles. The van der Waals surface area contributed by atoms with E-state index < -0.39 is 5.97 Å². The lowest BCUT2D eigenvalue weighted by Gasteiger charge is -2.34. The van der Waals surface area contributed by atoms with Crippen LogP contribution in [-0.2, 0) is 24.4 Å². The fraction of sp³-hybridized carbons (Fsp3) is 0.556. The van der Waals surface area contributed by atoms with Crippen LogP contribution in [0.5, 0.6) is 0 Å². The monoisotopic (exact) mass is 374 g/mol. The summed E-state index contributed by atoms with van der Waals surface area (Å²) >= 11 is 0. The quantitative estimate of drug-likeness (QED) is 0.771. The van der Waals surface area contributed by atoms with Crippen molar-refractivity contribution < 1.29 is 14.7 Å². The van der Waals surface area contributed by atoms with E-state index in [9.17, 15) is 9.59 Å². The molecule has 0 atom stereocenters. The Bertz CT molecular complexity index is 804. The Labute approximate surface area is 158 Å². The van der Waals surface area contributed by atoms with Crippen molar-refractivity contribution in [3.63, 3.8) is 0 Å². The summed E-state index contributed by atoms with van der Waals surface area (Å²) in [7, 11) is 0. The zero-order chi connectivity index (χ0) is 19.4. The van der Waals surface area contributed by atoms with Crippen LogP contribution in [-0.4, -0.2) is 72.5 Å². The summed E-state index contributed by atoms with van der Waals surface area (Å²) in [4.78, 5) is 27.5. The van der Waals surface area contributed by atoms with Crippen LogP contribution in [0.3, 0.4) is 0 Å². The predicted molar refractivity (Wildman–Crippen MR) is 98.3 cm³/mol. The van der Waals surface area contributed by atoms with Crippen molar-refractivity contribution in [1.29, 1.82) is 0 Å². The largest absolute Gasteiger partial charge is 0.476 e. The summed E-state index contributed by atoms with van der Waals surface area (Å²) in [5.41, 5.74) is 2.30. The Morgan fingerprint density at radius 3 is 2.48 bits per heavy atom. The van der Waals surface area contributed by atoms with Gasteiger partial charge >= 0.3 is 5.97 Å². The SMILES string of the molecule is CCn1cc(CN2CCN(C(=O)CCn3ccc(C(=O)O)n3)CC2)c(C)n1. The summed E-state index contributed by atoms with van der Waals surface area (Å²) in [6.45, 7) is 9.33. The maximum atomic E-state index is 12.4. The lowest BCUT2D eigenvalue weighted by atomic mass is 10.2. The second-order valence-corrected chi connectivity index (χ2v) is 6.77. The molecule has 27 heavy (non-hydrogen) atoms. The third kappa shape index (κ3) is 4.73. The average molecular weight is 374 g/mol. The van der Waals surface area contributed by atoms with Gasteiger partial charge in [-0.3, -0.25) is 19.1 Å². The molecular formula is C18H26N6O3. The number of nitrogens with zero attached hydrogens (tertiary/aromatic N) is 6. The van der Waals surface area contributed by atoms with Gasteiger partial charge < -0.3 is 10.0 Å². The summed E-state index contributed by atoms with van der Waals surface area (Å²) in [6.07, 6.45) is 4.01. The van der Waals surface area contributed by atoms with Crippen LogP contribution in [0.2, 0.25) is 0 Å². The highest BCUT2D eigenvalue weighted by molar-refractivity contribution is 5.85. The molecule has 1 aliphatic rings. The maximum absolute atomic E-state index is 12.4. The van der Waals surface area contributed by atoms with E-state index in [1.54, 1.807) is 6.20 Å². The van der Waals surface area contributed by atoms with Gasteiger partial charge in [-0.15, -0.1) is 0 Å². The number of hydrogen-bond donors (Lipinski definition) is 1. The highest BCUT2D eigenvalue weighted by Gasteiger charge is 2.22. The second kappa shape index (κ2) is 8.34. The number of carbonyl (C=O) groups is 2. The molecule has 1 aliphatic heterocycles. The minimum Gasteiger partial charge on any atom is -0.476 e. The van der Waals surface area contributed by atoms with Crippen molar-refractivity contribution in [2.75, 3.05) is 26.2 Å². The number of aryl methyl sites for hydroxylation is 3. The van der Waals surface area contributed by atoms with E-state index in [1.165, 1.54) is 16.3 Å². The zero-order valence-electron chi connectivity index (χ0n) is 15.8. The summed E-state index contributed by atoms with van der Waals surface area (Å²) in [5.74, 6) is -0.979. The molecule has 1 saturated heterocycles. The van der Waals surface area contributed by atoms with Crippen molar-refractivity contribution in [2.24, 2.45) is 0 Å². The Balaban J connectivity index is 1.44. The molecule has 0 radical (unpaired) electrons. The molecule has 1 amide bonds. The van der Waals surface area contributed by atoms with Crippen LogP contribution >= 0.6 is 0 Å². The fourth-order valence-electron chi connectivity index (χ4n) is 3.24. The van der Waals surface area contributed by atoms with Crippen molar-refractivity contribution in [1.82, 2.24) is 29.4 Å². The number of carboxylic acids is 1. The van der Waals surface area contributed by atoms with E-state index in [0.717, 1.165) is 31.9 Å². The topological polar surface area (TPSA) is 96.5 Å². The molecule has 0 saturated carbocycles. The molecule has 0 spiro atoms. The van der Waals surface area contributed by atoms with Crippen LogP contribution in [0.4, 0.5) is 0 Å². The van der Waals surface area contributed by atoms with Gasteiger partial charge in [0.1, 0.15) is 0 Å². The molecule has 1 fully saturated rings. The first-order valence-electron chi connectivity index (χ1n) is 9.26. The van der Waals surface area contributed by atoms with Gasteiger partial charge in [-0.05, 0) is 19.9 Å².